The van der Waals surface area contributed by atoms with Gasteiger partial charge in [0.1, 0.15) is 12.2 Å². The third-order valence-electron chi connectivity index (χ3n) is 2.20. The zero-order valence-electron chi connectivity index (χ0n) is 11.7. The second-order valence-electron chi connectivity index (χ2n) is 4.06. The summed E-state index contributed by atoms with van der Waals surface area (Å²) in [6.07, 6.45) is -0.532. The quantitative estimate of drug-likeness (QED) is 0.396. The van der Waals surface area contributed by atoms with E-state index in [1.165, 1.54) is 26.8 Å². The molecule has 6 heteroatoms. The molecule has 0 rings (SSSR count). The third-order valence-corrected chi connectivity index (χ3v) is 2.20. The maximum absolute atomic E-state index is 11.1. The minimum absolute atomic E-state index is 0.281. The number of esters is 3. The van der Waals surface area contributed by atoms with E-state index in [-0.39, 0.29) is 6.42 Å². The molecule has 0 aliphatic carbocycles. The van der Waals surface area contributed by atoms with Crippen LogP contribution in [0.4, 0.5) is 0 Å². The van der Waals surface area contributed by atoms with Gasteiger partial charge in [0, 0.05) is 27.2 Å². The van der Waals surface area contributed by atoms with E-state index >= 15 is 0 Å². The van der Waals surface area contributed by atoms with Crippen LogP contribution in [0.2, 0.25) is 0 Å². The Hall–Kier alpha value is -1.85. The van der Waals surface area contributed by atoms with Gasteiger partial charge in [0.15, 0.2) is 6.10 Å². The predicted octanol–water partition coefficient (Wildman–Crippen LogP) is 1.38. The maximum Gasteiger partial charge on any atom is 0.303 e. The van der Waals surface area contributed by atoms with E-state index < -0.39 is 36.2 Å². The SMILES string of the molecule is C=CC[C@@H](OC(C)=O)[C@@H](OC(C)=O)[C@@H](C)OC(C)=O. The van der Waals surface area contributed by atoms with Gasteiger partial charge in [-0.2, -0.15) is 0 Å². The monoisotopic (exact) mass is 272 g/mol. The lowest BCUT2D eigenvalue weighted by Gasteiger charge is -2.29. The molecule has 0 bridgehead atoms. The van der Waals surface area contributed by atoms with Crippen LogP contribution in [-0.2, 0) is 28.6 Å². The molecule has 3 atom stereocenters. The summed E-state index contributed by atoms with van der Waals surface area (Å²) in [6.45, 7) is 8.84. The lowest BCUT2D eigenvalue weighted by molar-refractivity contribution is -0.180. The Labute approximate surface area is 112 Å². The Kier molecular flexibility index (Phi) is 7.48. The van der Waals surface area contributed by atoms with Gasteiger partial charge < -0.3 is 14.2 Å². The molecule has 108 valence electrons. The van der Waals surface area contributed by atoms with Crippen LogP contribution >= 0.6 is 0 Å². The molecule has 0 amide bonds. The summed E-state index contributed by atoms with van der Waals surface area (Å²) >= 11 is 0. The van der Waals surface area contributed by atoms with Gasteiger partial charge in [-0.1, -0.05) is 6.08 Å². The average Bonchev–Trinajstić information content (AvgIpc) is 2.23. The van der Waals surface area contributed by atoms with Crippen molar-refractivity contribution in [2.24, 2.45) is 0 Å². The fraction of sp³-hybridized carbons (Fsp3) is 0.615. The van der Waals surface area contributed by atoms with Crippen LogP contribution in [0.25, 0.3) is 0 Å². The molecular weight excluding hydrogens is 252 g/mol. The van der Waals surface area contributed by atoms with Gasteiger partial charge >= 0.3 is 17.9 Å². The molecule has 0 saturated carbocycles. The van der Waals surface area contributed by atoms with E-state index in [2.05, 4.69) is 6.58 Å². The van der Waals surface area contributed by atoms with E-state index in [4.69, 9.17) is 14.2 Å². The van der Waals surface area contributed by atoms with Crippen LogP contribution in [0.3, 0.4) is 0 Å². The van der Waals surface area contributed by atoms with Crippen molar-refractivity contribution >= 4 is 17.9 Å². The van der Waals surface area contributed by atoms with Gasteiger partial charge in [-0.25, -0.2) is 0 Å². The van der Waals surface area contributed by atoms with Crippen LogP contribution in [0.1, 0.15) is 34.1 Å². The van der Waals surface area contributed by atoms with Crippen molar-refractivity contribution in [3.63, 3.8) is 0 Å². The molecule has 0 saturated heterocycles. The van der Waals surface area contributed by atoms with Crippen molar-refractivity contribution in [3.05, 3.63) is 12.7 Å². The fourth-order valence-electron chi connectivity index (χ4n) is 1.62. The average molecular weight is 272 g/mol. The molecule has 0 aromatic rings. The van der Waals surface area contributed by atoms with Crippen molar-refractivity contribution in [2.45, 2.75) is 52.4 Å². The molecule has 0 unspecified atom stereocenters. The summed E-state index contributed by atoms with van der Waals surface area (Å²) in [6, 6.07) is 0. The molecule has 0 radical (unpaired) electrons. The van der Waals surface area contributed by atoms with Crippen LogP contribution in [-0.4, -0.2) is 36.2 Å². The van der Waals surface area contributed by atoms with Gasteiger partial charge in [0.2, 0.25) is 0 Å². The van der Waals surface area contributed by atoms with Crippen LogP contribution in [0.15, 0.2) is 12.7 Å². The summed E-state index contributed by atoms with van der Waals surface area (Å²) < 4.78 is 15.1. The highest BCUT2D eigenvalue weighted by molar-refractivity contribution is 5.68. The first-order valence-corrected chi connectivity index (χ1v) is 5.90. The van der Waals surface area contributed by atoms with E-state index in [9.17, 15) is 14.4 Å². The van der Waals surface area contributed by atoms with Crippen molar-refractivity contribution in [1.29, 1.82) is 0 Å². The van der Waals surface area contributed by atoms with Gasteiger partial charge in [-0.05, 0) is 6.92 Å². The van der Waals surface area contributed by atoms with Crippen molar-refractivity contribution in [1.82, 2.24) is 0 Å². The summed E-state index contributed by atoms with van der Waals surface area (Å²) in [4.78, 5) is 33.1. The van der Waals surface area contributed by atoms with Crippen molar-refractivity contribution in [2.75, 3.05) is 0 Å². The zero-order chi connectivity index (χ0) is 15.0. The van der Waals surface area contributed by atoms with Gasteiger partial charge in [-0.15, -0.1) is 6.58 Å². The number of carbonyl (C=O) groups is 3. The summed E-state index contributed by atoms with van der Waals surface area (Å²) in [7, 11) is 0. The van der Waals surface area contributed by atoms with E-state index in [0.29, 0.717) is 0 Å². The second-order valence-corrected chi connectivity index (χ2v) is 4.06. The third kappa shape index (κ3) is 7.23. The van der Waals surface area contributed by atoms with Gasteiger partial charge in [0.25, 0.3) is 0 Å². The number of hydrogen-bond donors (Lipinski definition) is 0. The largest absolute Gasteiger partial charge is 0.459 e. The summed E-state index contributed by atoms with van der Waals surface area (Å²) in [5.74, 6) is -1.57. The molecule has 0 heterocycles. The number of carbonyl (C=O) groups excluding carboxylic acids is 3. The number of ether oxygens (including phenoxy) is 3. The van der Waals surface area contributed by atoms with Crippen molar-refractivity contribution in [3.8, 4) is 0 Å². The topological polar surface area (TPSA) is 78.9 Å². The van der Waals surface area contributed by atoms with Crippen LogP contribution in [0.5, 0.6) is 0 Å². The first-order valence-electron chi connectivity index (χ1n) is 5.90. The minimum atomic E-state index is -0.872. The van der Waals surface area contributed by atoms with E-state index in [1.807, 2.05) is 0 Å². The minimum Gasteiger partial charge on any atom is -0.459 e. The van der Waals surface area contributed by atoms with E-state index in [1.54, 1.807) is 6.92 Å². The molecule has 0 fully saturated rings. The normalized spacial score (nSPS) is 14.7. The van der Waals surface area contributed by atoms with Crippen LogP contribution in [0, 0.1) is 0 Å². The standard InChI is InChI=1S/C13H20O6/c1-6-7-12(18-10(4)15)13(19-11(5)16)8(2)17-9(3)14/h6,8,12-13H,1,7H2,2-5H3/t8-,12-,13+/m1/s1. The lowest BCUT2D eigenvalue weighted by atomic mass is 10.1. The van der Waals surface area contributed by atoms with E-state index in [0.717, 1.165) is 0 Å². The molecule has 0 spiro atoms. The van der Waals surface area contributed by atoms with Gasteiger partial charge in [-0.3, -0.25) is 14.4 Å². The lowest BCUT2D eigenvalue weighted by Crippen LogP contribution is -2.43. The highest BCUT2D eigenvalue weighted by Gasteiger charge is 2.33. The molecule has 19 heavy (non-hydrogen) atoms. The highest BCUT2D eigenvalue weighted by atomic mass is 16.6. The molecule has 0 aliphatic rings. The second kappa shape index (κ2) is 8.29. The Bertz CT molecular complexity index is 349. The first kappa shape index (κ1) is 17.2. The highest BCUT2D eigenvalue weighted by Crippen LogP contribution is 2.16. The Balaban J connectivity index is 5.02. The summed E-state index contributed by atoms with van der Waals surface area (Å²) in [5, 5.41) is 0. The molecule has 0 N–H and O–H groups in total. The molecular formula is C13H20O6. The molecule has 0 aromatic carbocycles. The molecule has 6 nitrogen and oxygen atoms in total. The fourth-order valence-corrected chi connectivity index (χ4v) is 1.62. The van der Waals surface area contributed by atoms with Gasteiger partial charge in [0.05, 0.1) is 0 Å². The predicted molar refractivity (Wildman–Crippen MR) is 67.2 cm³/mol. The summed E-state index contributed by atoms with van der Waals surface area (Å²) in [5.41, 5.74) is 0. The number of hydrogen-bond acceptors (Lipinski definition) is 6. The Morgan fingerprint density at radius 2 is 1.47 bits per heavy atom. The number of rotatable bonds is 7. The molecule has 0 aromatic heterocycles. The maximum atomic E-state index is 11.1. The van der Waals surface area contributed by atoms with Crippen LogP contribution < -0.4 is 0 Å². The smallest absolute Gasteiger partial charge is 0.303 e. The zero-order valence-corrected chi connectivity index (χ0v) is 11.7. The molecule has 0 aliphatic heterocycles. The Morgan fingerprint density at radius 3 is 1.84 bits per heavy atom. The Morgan fingerprint density at radius 1 is 1.00 bits per heavy atom. The van der Waals surface area contributed by atoms with Crippen molar-refractivity contribution < 1.29 is 28.6 Å². The first-order chi connectivity index (χ1) is 8.77.